The smallest absolute Gasteiger partial charge is 0.227 e. The molecule has 0 aromatic carbocycles. The van der Waals surface area contributed by atoms with Gasteiger partial charge < -0.3 is 4.90 Å². The Morgan fingerprint density at radius 2 is 1.76 bits per heavy atom. The molecule has 0 N–H and O–H groups in total. The van der Waals surface area contributed by atoms with E-state index in [2.05, 4.69) is 32.6 Å². The zero-order valence-electron chi connectivity index (χ0n) is 11.4. The molecule has 2 aliphatic carbocycles. The first-order chi connectivity index (χ1) is 7.84. The number of rotatable bonds is 4. The van der Waals surface area contributed by atoms with Gasteiger partial charge in [-0.25, -0.2) is 0 Å². The van der Waals surface area contributed by atoms with Gasteiger partial charge in [0.15, 0.2) is 0 Å². The van der Waals surface area contributed by atoms with Crippen molar-refractivity contribution in [3.63, 3.8) is 0 Å². The summed E-state index contributed by atoms with van der Waals surface area (Å²) < 4.78 is 0. The molecule has 2 fully saturated rings. The van der Waals surface area contributed by atoms with E-state index in [1.54, 1.807) is 0 Å². The summed E-state index contributed by atoms with van der Waals surface area (Å²) >= 11 is 5.84. The van der Waals surface area contributed by atoms with Crippen LogP contribution in [0.15, 0.2) is 0 Å². The molecule has 2 rings (SSSR count). The predicted octanol–water partition coefficient (Wildman–Crippen LogP) is 3.29. The van der Waals surface area contributed by atoms with Crippen LogP contribution in [0.4, 0.5) is 0 Å². The number of carbonyl (C=O) groups is 1. The molecule has 0 aromatic heterocycles. The van der Waals surface area contributed by atoms with Gasteiger partial charge in [0, 0.05) is 24.4 Å². The fraction of sp³-hybridized carbons (Fsp3) is 0.929. The van der Waals surface area contributed by atoms with Gasteiger partial charge in [-0.1, -0.05) is 27.7 Å². The van der Waals surface area contributed by atoms with Gasteiger partial charge in [0.2, 0.25) is 5.91 Å². The van der Waals surface area contributed by atoms with E-state index in [-0.39, 0.29) is 16.7 Å². The summed E-state index contributed by atoms with van der Waals surface area (Å²) in [6.07, 6.45) is 3.58. The molecule has 2 aliphatic rings. The summed E-state index contributed by atoms with van der Waals surface area (Å²) in [5.74, 6) is 1.07. The molecule has 98 valence electrons. The van der Waals surface area contributed by atoms with Gasteiger partial charge in [0.05, 0.1) is 0 Å². The fourth-order valence-corrected chi connectivity index (χ4v) is 3.42. The second kappa shape index (κ2) is 4.15. The maximum absolute atomic E-state index is 12.6. The van der Waals surface area contributed by atoms with Crippen molar-refractivity contribution in [2.45, 2.75) is 53.0 Å². The summed E-state index contributed by atoms with van der Waals surface area (Å²) in [5.41, 5.74) is 0.275. The Bertz CT molecular complexity index is 306. The number of halogens is 1. The molecule has 0 unspecified atom stereocenters. The first-order valence-corrected chi connectivity index (χ1v) is 7.24. The van der Waals surface area contributed by atoms with Crippen LogP contribution < -0.4 is 0 Å². The van der Waals surface area contributed by atoms with E-state index in [0.717, 1.165) is 12.8 Å². The lowest BCUT2D eigenvalue weighted by atomic mass is 9.91. The fourth-order valence-electron chi connectivity index (χ4n) is 3.24. The molecule has 0 aromatic rings. The van der Waals surface area contributed by atoms with E-state index in [1.807, 2.05) is 0 Å². The highest BCUT2D eigenvalue weighted by Crippen LogP contribution is 2.69. The minimum Gasteiger partial charge on any atom is -0.338 e. The Kier molecular flexibility index (Phi) is 3.22. The molecule has 0 spiro atoms. The van der Waals surface area contributed by atoms with Crippen molar-refractivity contribution < 1.29 is 4.79 Å². The average molecular weight is 258 g/mol. The number of carbonyl (C=O) groups excluding carboxylic acids is 1. The van der Waals surface area contributed by atoms with Crippen LogP contribution in [0.3, 0.4) is 0 Å². The van der Waals surface area contributed by atoms with E-state index in [9.17, 15) is 4.79 Å². The Balaban J connectivity index is 2.07. The third kappa shape index (κ3) is 1.89. The van der Waals surface area contributed by atoms with Crippen molar-refractivity contribution >= 4 is 17.5 Å². The Morgan fingerprint density at radius 3 is 2.06 bits per heavy atom. The number of nitrogens with zero attached hydrogens (tertiary/aromatic N) is 1. The lowest BCUT2D eigenvalue weighted by Gasteiger charge is -2.38. The van der Waals surface area contributed by atoms with Crippen LogP contribution in [-0.2, 0) is 4.79 Å². The summed E-state index contributed by atoms with van der Waals surface area (Å²) in [5, 5.41) is 0. The summed E-state index contributed by atoms with van der Waals surface area (Å²) in [6.45, 7) is 9.53. The van der Waals surface area contributed by atoms with E-state index in [0.29, 0.717) is 24.4 Å². The molecule has 1 amide bonds. The Labute approximate surface area is 110 Å². The number of hydrogen-bond donors (Lipinski definition) is 0. The molecule has 0 atom stereocenters. The van der Waals surface area contributed by atoms with Crippen molar-refractivity contribution in [2.24, 2.45) is 16.7 Å². The van der Waals surface area contributed by atoms with Gasteiger partial charge in [-0.3, -0.25) is 4.79 Å². The summed E-state index contributed by atoms with van der Waals surface area (Å²) in [7, 11) is 0. The van der Waals surface area contributed by atoms with Gasteiger partial charge in [-0.2, -0.15) is 0 Å². The topological polar surface area (TPSA) is 20.3 Å². The molecule has 0 radical (unpaired) electrons. The largest absolute Gasteiger partial charge is 0.338 e. The second-order valence-electron chi connectivity index (χ2n) is 6.68. The van der Waals surface area contributed by atoms with Gasteiger partial charge in [0.1, 0.15) is 0 Å². The van der Waals surface area contributed by atoms with Crippen LogP contribution in [0, 0.1) is 16.7 Å². The van der Waals surface area contributed by atoms with Crippen LogP contribution >= 0.6 is 11.6 Å². The zero-order chi connectivity index (χ0) is 12.8. The molecular formula is C14H24ClNO. The minimum absolute atomic E-state index is 0.137. The van der Waals surface area contributed by atoms with E-state index >= 15 is 0 Å². The third-order valence-electron chi connectivity index (χ3n) is 5.39. The average Bonchev–Trinajstić information content (AvgIpc) is 2.53. The van der Waals surface area contributed by atoms with Crippen molar-refractivity contribution in [3.8, 4) is 0 Å². The first kappa shape index (κ1) is 13.2. The molecule has 3 heteroatoms. The van der Waals surface area contributed by atoms with E-state index in [4.69, 9.17) is 11.6 Å². The molecule has 17 heavy (non-hydrogen) atoms. The quantitative estimate of drug-likeness (QED) is 0.708. The normalized spacial score (nSPS) is 26.4. The Hall–Kier alpha value is -0.240. The van der Waals surface area contributed by atoms with Crippen LogP contribution in [-0.4, -0.2) is 29.3 Å². The lowest BCUT2D eigenvalue weighted by Crippen LogP contribution is -2.46. The lowest BCUT2D eigenvalue weighted by molar-refractivity contribution is -0.137. The van der Waals surface area contributed by atoms with Crippen molar-refractivity contribution in [2.75, 3.05) is 12.4 Å². The first-order valence-electron chi connectivity index (χ1n) is 6.70. The summed E-state index contributed by atoms with van der Waals surface area (Å²) in [6, 6.07) is 0.466. The zero-order valence-corrected chi connectivity index (χ0v) is 12.2. The monoisotopic (exact) mass is 257 g/mol. The van der Waals surface area contributed by atoms with Crippen LogP contribution in [0.5, 0.6) is 0 Å². The van der Waals surface area contributed by atoms with Crippen molar-refractivity contribution in [1.29, 1.82) is 0 Å². The molecule has 0 saturated heterocycles. The molecule has 0 heterocycles. The minimum atomic E-state index is 0.137. The highest BCUT2D eigenvalue weighted by Gasteiger charge is 2.69. The van der Waals surface area contributed by atoms with Gasteiger partial charge in [-0.05, 0) is 30.1 Å². The van der Waals surface area contributed by atoms with Gasteiger partial charge in [-0.15, -0.1) is 11.6 Å². The van der Waals surface area contributed by atoms with Gasteiger partial charge >= 0.3 is 0 Å². The van der Waals surface area contributed by atoms with E-state index in [1.165, 1.54) is 6.42 Å². The van der Waals surface area contributed by atoms with Gasteiger partial charge in [0.25, 0.3) is 0 Å². The van der Waals surface area contributed by atoms with Crippen molar-refractivity contribution in [3.05, 3.63) is 0 Å². The summed E-state index contributed by atoms with van der Waals surface area (Å²) in [4.78, 5) is 14.7. The van der Waals surface area contributed by atoms with Crippen LogP contribution in [0.1, 0.15) is 47.0 Å². The highest BCUT2D eigenvalue weighted by atomic mass is 35.5. The van der Waals surface area contributed by atoms with E-state index < -0.39 is 0 Å². The number of alkyl halides is 1. The highest BCUT2D eigenvalue weighted by molar-refractivity contribution is 6.18. The SMILES string of the molecule is CC1(C)C(C(=O)N(CCCl)C2CCC2)C1(C)C. The Morgan fingerprint density at radius 1 is 1.24 bits per heavy atom. The predicted molar refractivity (Wildman–Crippen MR) is 71.1 cm³/mol. The van der Waals surface area contributed by atoms with Crippen LogP contribution in [0.2, 0.25) is 0 Å². The second-order valence-corrected chi connectivity index (χ2v) is 7.06. The van der Waals surface area contributed by atoms with Crippen LogP contribution in [0.25, 0.3) is 0 Å². The maximum Gasteiger partial charge on any atom is 0.227 e. The third-order valence-corrected chi connectivity index (χ3v) is 5.56. The molecular weight excluding hydrogens is 234 g/mol. The molecule has 2 nitrogen and oxygen atoms in total. The standard InChI is InChI=1S/C14H24ClNO/c1-13(2)11(14(13,3)4)12(17)16(9-8-15)10-6-5-7-10/h10-11H,5-9H2,1-4H3. The molecule has 0 aliphatic heterocycles. The maximum atomic E-state index is 12.6. The molecule has 0 bridgehead atoms. The van der Waals surface area contributed by atoms with Crippen molar-refractivity contribution in [1.82, 2.24) is 4.90 Å². The number of hydrogen-bond acceptors (Lipinski definition) is 1. The molecule has 2 saturated carbocycles. The number of amides is 1.